The lowest BCUT2D eigenvalue weighted by molar-refractivity contribution is -0.144. The lowest BCUT2D eigenvalue weighted by Gasteiger charge is -2.35. The summed E-state index contributed by atoms with van der Waals surface area (Å²) in [5.74, 6) is -1.08. The molecule has 1 saturated carbocycles. The van der Waals surface area contributed by atoms with Gasteiger partial charge in [0.15, 0.2) is 0 Å². The molecule has 0 spiro atoms. The zero-order chi connectivity index (χ0) is 14.5. The fraction of sp³-hybridized carbons (Fsp3) is 0.929. The molecule has 0 aliphatic heterocycles. The molecule has 0 aromatic heterocycles. The summed E-state index contributed by atoms with van der Waals surface area (Å²) in [7, 11) is 0. The predicted molar refractivity (Wildman–Crippen MR) is 72.9 cm³/mol. The zero-order valence-electron chi connectivity index (χ0n) is 12.0. The summed E-state index contributed by atoms with van der Waals surface area (Å²) in [6.07, 6.45) is 3.70. The highest BCUT2D eigenvalue weighted by Gasteiger charge is 2.35. The summed E-state index contributed by atoms with van der Waals surface area (Å²) in [5, 5.41) is 32.4. The van der Waals surface area contributed by atoms with E-state index < -0.39 is 17.2 Å². The third-order valence-corrected chi connectivity index (χ3v) is 4.01. The average molecular weight is 273 g/mol. The molecule has 0 radical (unpaired) electrons. The van der Waals surface area contributed by atoms with Crippen LogP contribution in [0.5, 0.6) is 0 Å². The molecule has 4 N–H and O–H groups in total. The Morgan fingerprint density at radius 2 is 2.00 bits per heavy atom. The van der Waals surface area contributed by atoms with E-state index in [9.17, 15) is 15.0 Å². The summed E-state index contributed by atoms with van der Waals surface area (Å²) in [4.78, 5) is 10.9. The van der Waals surface area contributed by atoms with Gasteiger partial charge in [-0.1, -0.05) is 13.3 Å². The first-order valence-electron chi connectivity index (χ1n) is 7.16. The first-order valence-corrected chi connectivity index (χ1v) is 7.16. The van der Waals surface area contributed by atoms with Gasteiger partial charge in [0, 0.05) is 13.1 Å². The maximum Gasteiger partial charge on any atom is 0.306 e. The minimum absolute atomic E-state index is 0.316. The van der Waals surface area contributed by atoms with Gasteiger partial charge in [-0.15, -0.1) is 0 Å². The Hall–Kier alpha value is -0.650. The van der Waals surface area contributed by atoms with Crippen LogP contribution < -0.4 is 5.32 Å². The fourth-order valence-corrected chi connectivity index (χ4v) is 2.77. The zero-order valence-corrected chi connectivity index (χ0v) is 12.0. The summed E-state index contributed by atoms with van der Waals surface area (Å²) in [6, 6.07) is 0. The van der Waals surface area contributed by atoms with Crippen LogP contribution in [0.2, 0.25) is 0 Å². The van der Waals surface area contributed by atoms with Gasteiger partial charge in [-0.05, 0) is 39.0 Å². The second-order valence-corrected chi connectivity index (χ2v) is 6.19. The van der Waals surface area contributed by atoms with E-state index in [1.54, 1.807) is 6.92 Å². The summed E-state index contributed by atoms with van der Waals surface area (Å²) >= 11 is 0. The van der Waals surface area contributed by atoms with Crippen LogP contribution in [-0.2, 0) is 4.79 Å². The van der Waals surface area contributed by atoms with Crippen molar-refractivity contribution in [3.05, 3.63) is 0 Å². The molecule has 0 heterocycles. The Kier molecular flexibility index (Phi) is 5.77. The lowest BCUT2D eigenvalue weighted by atomic mass is 9.78. The van der Waals surface area contributed by atoms with Crippen LogP contribution in [0.25, 0.3) is 0 Å². The molecule has 1 unspecified atom stereocenters. The maximum absolute atomic E-state index is 10.9. The molecule has 5 nitrogen and oxygen atoms in total. The molecule has 1 aliphatic carbocycles. The largest absolute Gasteiger partial charge is 0.481 e. The molecule has 1 fully saturated rings. The first-order chi connectivity index (χ1) is 8.78. The Labute approximate surface area is 115 Å². The average Bonchev–Trinajstić information content (AvgIpc) is 2.28. The number of aliphatic hydroxyl groups is 2. The highest BCUT2D eigenvalue weighted by Crippen LogP contribution is 2.31. The molecule has 1 rings (SSSR count). The monoisotopic (exact) mass is 273 g/mol. The van der Waals surface area contributed by atoms with Crippen molar-refractivity contribution >= 4 is 5.97 Å². The van der Waals surface area contributed by atoms with Gasteiger partial charge in [-0.25, -0.2) is 0 Å². The molecule has 0 saturated heterocycles. The van der Waals surface area contributed by atoms with Crippen LogP contribution >= 0.6 is 0 Å². The molecule has 0 aromatic carbocycles. The van der Waals surface area contributed by atoms with Gasteiger partial charge >= 0.3 is 5.97 Å². The Morgan fingerprint density at radius 1 is 1.42 bits per heavy atom. The molecule has 5 heteroatoms. The van der Waals surface area contributed by atoms with Crippen LogP contribution in [0.4, 0.5) is 0 Å². The van der Waals surface area contributed by atoms with E-state index >= 15 is 0 Å². The number of carboxylic acid groups (broad SMARTS) is 1. The number of hydrogen-bond donors (Lipinski definition) is 4. The number of hydrogen-bond acceptors (Lipinski definition) is 4. The van der Waals surface area contributed by atoms with Crippen molar-refractivity contribution in [2.24, 2.45) is 5.92 Å². The van der Waals surface area contributed by atoms with Crippen LogP contribution in [0, 0.1) is 5.92 Å². The fourth-order valence-electron chi connectivity index (χ4n) is 2.77. The van der Waals surface area contributed by atoms with E-state index in [4.69, 9.17) is 5.11 Å². The van der Waals surface area contributed by atoms with Crippen LogP contribution in [0.15, 0.2) is 0 Å². The molecule has 1 atom stereocenters. The van der Waals surface area contributed by atoms with Gasteiger partial charge in [0.25, 0.3) is 0 Å². The number of carboxylic acids is 1. The van der Waals surface area contributed by atoms with Crippen LogP contribution in [0.3, 0.4) is 0 Å². The second kappa shape index (κ2) is 6.68. The lowest BCUT2D eigenvalue weighted by Crippen LogP contribution is -2.48. The Morgan fingerprint density at radius 3 is 2.47 bits per heavy atom. The SMILES string of the molecule is CCCC(C)(O)CNCC1(O)CCC(C(=O)O)CC1. The van der Waals surface area contributed by atoms with Crippen molar-refractivity contribution in [3.8, 4) is 0 Å². The van der Waals surface area contributed by atoms with E-state index in [2.05, 4.69) is 5.32 Å². The van der Waals surface area contributed by atoms with Crippen LogP contribution in [0.1, 0.15) is 52.4 Å². The van der Waals surface area contributed by atoms with Crippen molar-refractivity contribution in [1.29, 1.82) is 0 Å². The number of carbonyl (C=O) groups is 1. The summed E-state index contributed by atoms with van der Waals surface area (Å²) < 4.78 is 0. The molecule has 1 aliphatic rings. The molecule has 0 amide bonds. The van der Waals surface area contributed by atoms with E-state index in [0.717, 1.165) is 12.8 Å². The van der Waals surface area contributed by atoms with Gasteiger partial charge in [0.05, 0.1) is 17.1 Å². The number of nitrogens with one attached hydrogen (secondary N) is 1. The standard InChI is InChI=1S/C14H27NO4/c1-3-6-13(2,18)9-15-10-14(19)7-4-11(5-8-14)12(16)17/h11,15,18-19H,3-10H2,1-2H3,(H,16,17). The molecular weight excluding hydrogens is 246 g/mol. The minimum atomic E-state index is -0.825. The molecular formula is C14H27NO4. The van der Waals surface area contributed by atoms with E-state index in [-0.39, 0.29) is 5.92 Å². The van der Waals surface area contributed by atoms with Crippen molar-refractivity contribution in [2.45, 2.75) is 63.6 Å². The smallest absolute Gasteiger partial charge is 0.306 e. The Balaban J connectivity index is 2.31. The van der Waals surface area contributed by atoms with Crippen LogP contribution in [-0.4, -0.2) is 45.6 Å². The van der Waals surface area contributed by atoms with Crippen molar-refractivity contribution < 1.29 is 20.1 Å². The van der Waals surface area contributed by atoms with E-state index in [0.29, 0.717) is 38.8 Å². The molecule has 0 aromatic rings. The van der Waals surface area contributed by atoms with E-state index in [1.807, 2.05) is 6.92 Å². The molecule has 112 valence electrons. The maximum atomic E-state index is 10.9. The number of aliphatic carboxylic acids is 1. The highest BCUT2D eigenvalue weighted by atomic mass is 16.4. The quantitative estimate of drug-likeness (QED) is 0.558. The van der Waals surface area contributed by atoms with Crippen molar-refractivity contribution in [3.63, 3.8) is 0 Å². The van der Waals surface area contributed by atoms with Gasteiger partial charge < -0.3 is 20.6 Å². The van der Waals surface area contributed by atoms with Gasteiger partial charge in [-0.3, -0.25) is 4.79 Å². The minimum Gasteiger partial charge on any atom is -0.481 e. The third-order valence-electron chi connectivity index (χ3n) is 4.01. The van der Waals surface area contributed by atoms with Crippen molar-refractivity contribution in [2.75, 3.05) is 13.1 Å². The predicted octanol–water partition coefficient (Wildman–Crippen LogP) is 1.13. The Bertz CT molecular complexity index is 296. The van der Waals surface area contributed by atoms with Gasteiger partial charge in [0.2, 0.25) is 0 Å². The molecule has 0 bridgehead atoms. The normalized spacial score (nSPS) is 30.8. The highest BCUT2D eigenvalue weighted by molar-refractivity contribution is 5.70. The van der Waals surface area contributed by atoms with Gasteiger partial charge in [-0.2, -0.15) is 0 Å². The third kappa shape index (κ3) is 5.47. The summed E-state index contributed by atoms with van der Waals surface area (Å²) in [6.45, 7) is 4.68. The summed E-state index contributed by atoms with van der Waals surface area (Å²) in [5.41, 5.74) is -1.57. The van der Waals surface area contributed by atoms with Crippen molar-refractivity contribution in [1.82, 2.24) is 5.32 Å². The number of rotatable bonds is 7. The first kappa shape index (κ1) is 16.4. The van der Waals surface area contributed by atoms with Gasteiger partial charge in [0.1, 0.15) is 0 Å². The topological polar surface area (TPSA) is 89.8 Å². The molecule has 19 heavy (non-hydrogen) atoms. The van der Waals surface area contributed by atoms with E-state index in [1.165, 1.54) is 0 Å². The second-order valence-electron chi connectivity index (χ2n) is 6.19.